The molecule has 1 aliphatic rings. The van der Waals surface area contributed by atoms with Gasteiger partial charge in [0.2, 0.25) is 23.6 Å². The summed E-state index contributed by atoms with van der Waals surface area (Å²) >= 11 is 0. The van der Waals surface area contributed by atoms with Gasteiger partial charge in [-0.3, -0.25) is 19.2 Å². The molecular weight excluding hydrogens is 476 g/mol. The average molecular weight is 521 g/mol. The molecule has 6 N–H and O–H groups in total. The molecule has 1 rings (SSSR count). The predicted molar refractivity (Wildman–Crippen MR) is 142 cm³/mol. The van der Waals surface area contributed by atoms with Crippen molar-refractivity contribution in [1.29, 1.82) is 0 Å². The number of carbonyl (C=O) groups is 4. The second-order valence-electron chi connectivity index (χ2n) is 9.40. The number of carbonyl (C=O) groups excluding carboxylic acids is 4. The Morgan fingerprint density at radius 2 is 1.92 bits per heavy atom. The fourth-order valence-corrected chi connectivity index (χ4v) is 3.70. The van der Waals surface area contributed by atoms with Crippen LogP contribution in [0, 0.1) is 0 Å². The summed E-state index contributed by atoms with van der Waals surface area (Å²) < 4.78 is 0. The van der Waals surface area contributed by atoms with E-state index in [1.54, 1.807) is 19.1 Å². The summed E-state index contributed by atoms with van der Waals surface area (Å²) in [5, 5.41) is 30.7. The van der Waals surface area contributed by atoms with Crippen LogP contribution in [-0.4, -0.2) is 70.7 Å². The van der Waals surface area contributed by atoms with E-state index in [4.69, 9.17) is 0 Å². The molecule has 0 saturated carbocycles. The van der Waals surface area contributed by atoms with Crippen molar-refractivity contribution in [3.8, 4) is 0 Å². The van der Waals surface area contributed by atoms with Gasteiger partial charge in [0.05, 0.1) is 12.2 Å². The maximum Gasteiger partial charge on any atom is 0.245 e. The van der Waals surface area contributed by atoms with Crippen molar-refractivity contribution in [3.63, 3.8) is 0 Å². The Morgan fingerprint density at radius 3 is 2.62 bits per heavy atom. The van der Waals surface area contributed by atoms with E-state index in [0.29, 0.717) is 0 Å². The van der Waals surface area contributed by atoms with Crippen molar-refractivity contribution in [3.05, 3.63) is 36.5 Å². The molecule has 0 aromatic rings. The minimum absolute atomic E-state index is 0.104. The van der Waals surface area contributed by atoms with Crippen LogP contribution in [0.15, 0.2) is 36.5 Å². The molecule has 208 valence electrons. The molecule has 0 aliphatic carbocycles. The van der Waals surface area contributed by atoms with Gasteiger partial charge in [-0.2, -0.15) is 0 Å². The Bertz CT molecular complexity index is 824. The molecule has 0 radical (unpaired) electrons. The molecule has 0 aromatic heterocycles. The standard InChI is InChI=1S/C27H44N4O6/c1-4-5-6-7-8-9-10-11-12-13-24(35)31-25(20(3)32)27(37)30-22-18-21(33)16-17-28-23(34)15-14-19(2)29-26(22)36/h10-15,19-22,25,32-33H,4-9,16-18H2,1-3H3,(H,28,34)(H,29,36)(H,30,37)(H,31,35)/t19-,20+,21-,22+,25+/m0/s1. The molecule has 10 nitrogen and oxygen atoms in total. The number of hydrogen-bond donors (Lipinski definition) is 6. The van der Waals surface area contributed by atoms with Crippen molar-refractivity contribution < 1.29 is 29.4 Å². The maximum atomic E-state index is 12.9. The molecule has 1 heterocycles. The zero-order valence-electron chi connectivity index (χ0n) is 22.2. The van der Waals surface area contributed by atoms with Crippen molar-refractivity contribution in [2.75, 3.05) is 6.54 Å². The van der Waals surface area contributed by atoms with Crippen LogP contribution in [0.1, 0.15) is 72.1 Å². The smallest absolute Gasteiger partial charge is 0.245 e. The summed E-state index contributed by atoms with van der Waals surface area (Å²) in [6.07, 6.45) is 14.1. The van der Waals surface area contributed by atoms with Gasteiger partial charge in [-0.15, -0.1) is 0 Å². The molecule has 4 amide bonds. The Labute approximate surface area is 220 Å². The molecule has 0 aromatic carbocycles. The lowest BCUT2D eigenvalue weighted by Gasteiger charge is -2.26. The first-order valence-electron chi connectivity index (χ1n) is 13.2. The van der Waals surface area contributed by atoms with E-state index in [1.165, 1.54) is 50.8 Å². The first kappa shape index (κ1) is 32.0. The van der Waals surface area contributed by atoms with E-state index < -0.39 is 48.1 Å². The fourth-order valence-electron chi connectivity index (χ4n) is 3.70. The van der Waals surface area contributed by atoms with Crippen LogP contribution in [0.5, 0.6) is 0 Å². The van der Waals surface area contributed by atoms with Gasteiger partial charge < -0.3 is 31.5 Å². The molecule has 0 bridgehead atoms. The Kier molecular flexibility index (Phi) is 15.8. The molecule has 0 saturated heterocycles. The molecule has 1 aliphatic heterocycles. The van der Waals surface area contributed by atoms with Gasteiger partial charge in [0.1, 0.15) is 12.1 Å². The minimum Gasteiger partial charge on any atom is -0.393 e. The Morgan fingerprint density at radius 1 is 1.19 bits per heavy atom. The number of amides is 4. The number of nitrogens with one attached hydrogen (secondary N) is 4. The van der Waals surface area contributed by atoms with Crippen LogP contribution in [0.4, 0.5) is 0 Å². The van der Waals surface area contributed by atoms with E-state index >= 15 is 0 Å². The second kappa shape index (κ2) is 18.3. The zero-order valence-corrected chi connectivity index (χ0v) is 22.2. The average Bonchev–Trinajstić information content (AvgIpc) is 2.83. The van der Waals surface area contributed by atoms with E-state index in [1.807, 2.05) is 6.08 Å². The highest BCUT2D eigenvalue weighted by Gasteiger charge is 2.31. The van der Waals surface area contributed by atoms with Crippen molar-refractivity contribution in [1.82, 2.24) is 21.3 Å². The van der Waals surface area contributed by atoms with Gasteiger partial charge in [0, 0.05) is 31.2 Å². The summed E-state index contributed by atoms with van der Waals surface area (Å²) in [7, 11) is 0. The maximum absolute atomic E-state index is 12.9. The fraction of sp³-hybridized carbons (Fsp3) is 0.630. The number of aliphatic hydroxyl groups excluding tert-OH is 2. The van der Waals surface area contributed by atoms with Crippen LogP contribution in [0.25, 0.3) is 0 Å². The van der Waals surface area contributed by atoms with Gasteiger partial charge in [0.25, 0.3) is 0 Å². The van der Waals surface area contributed by atoms with E-state index in [0.717, 1.165) is 12.8 Å². The molecule has 5 atom stereocenters. The molecule has 37 heavy (non-hydrogen) atoms. The van der Waals surface area contributed by atoms with Crippen LogP contribution in [0.3, 0.4) is 0 Å². The Balaban J connectivity index is 2.73. The number of rotatable bonds is 12. The van der Waals surface area contributed by atoms with Crippen LogP contribution >= 0.6 is 0 Å². The first-order chi connectivity index (χ1) is 17.6. The molecule has 0 fully saturated rings. The quantitative estimate of drug-likeness (QED) is 0.129. The predicted octanol–water partition coefficient (Wildman–Crippen LogP) is 1.14. The van der Waals surface area contributed by atoms with E-state index in [-0.39, 0.29) is 25.3 Å². The summed E-state index contributed by atoms with van der Waals surface area (Å²) in [5.74, 6) is -2.20. The second-order valence-corrected chi connectivity index (χ2v) is 9.40. The van der Waals surface area contributed by atoms with Crippen LogP contribution in [0.2, 0.25) is 0 Å². The zero-order chi connectivity index (χ0) is 27.6. The number of hydrogen-bond acceptors (Lipinski definition) is 6. The van der Waals surface area contributed by atoms with Crippen molar-refractivity contribution >= 4 is 23.6 Å². The lowest BCUT2D eigenvalue weighted by atomic mass is 10.0. The van der Waals surface area contributed by atoms with E-state index in [2.05, 4.69) is 28.2 Å². The van der Waals surface area contributed by atoms with Gasteiger partial charge in [-0.05, 0) is 33.1 Å². The largest absolute Gasteiger partial charge is 0.393 e. The third-order valence-electron chi connectivity index (χ3n) is 5.86. The van der Waals surface area contributed by atoms with Crippen molar-refractivity contribution in [2.24, 2.45) is 0 Å². The monoisotopic (exact) mass is 520 g/mol. The lowest BCUT2D eigenvalue weighted by Crippen LogP contribution is -2.58. The highest BCUT2D eigenvalue weighted by Crippen LogP contribution is 2.07. The summed E-state index contributed by atoms with van der Waals surface area (Å²) in [5.41, 5.74) is 0. The third kappa shape index (κ3) is 14.4. The SMILES string of the molecule is CCCCCCCC=CC=CC(=O)N[C@@H](C(=O)N[C@@H]1C[C@@H](O)CCNC(=O)C=C[C@H](C)NC1=O)[C@@H](C)O. The molecule has 0 unspecified atom stereocenters. The number of unbranched alkanes of at least 4 members (excludes halogenated alkanes) is 5. The third-order valence-corrected chi connectivity index (χ3v) is 5.86. The van der Waals surface area contributed by atoms with Crippen molar-refractivity contribution in [2.45, 2.75) is 102 Å². The first-order valence-corrected chi connectivity index (χ1v) is 13.2. The number of aliphatic hydroxyl groups is 2. The summed E-state index contributed by atoms with van der Waals surface area (Å²) in [4.78, 5) is 49.7. The van der Waals surface area contributed by atoms with Gasteiger partial charge >= 0.3 is 0 Å². The highest BCUT2D eigenvalue weighted by molar-refractivity contribution is 5.95. The lowest BCUT2D eigenvalue weighted by molar-refractivity contribution is -0.134. The van der Waals surface area contributed by atoms with Crippen LogP contribution in [-0.2, 0) is 19.2 Å². The normalized spacial score (nSPS) is 23.0. The summed E-state index contributed by atoms with van der Waals surface area (Å²) in [6.45, 7) is 5.40. The van der Waals surface area contributed by atoms with Gasteiger partial charge in [-0.25, -0.2) is 0 Å². The van der Waals surface area contributed by atoms with E-state index in [9.17, 15) is 29.4 Å². The van der Waals surface area contributed by atoms with Gasteiger partial charge in [-0.1, -0.05) is 56.9 Å². The van der Waals surface area contributed by atoms with Gasteiger partial charge in [0.15, 0.2) is 0 Å². The summed E-state index contributed by atoms with van der Waals surface area (Å²) in [6, 6.07) is -2.92. The highest BCUT2D eigenvalue weighted by atomic mass is 16.3. The molecular formula is C27H44N4O6. The number of allylic oxidation sites excluding steroid dienone is 3. The minimum atomic E-state index is -1.30. The molecule has 0 spiro atoms. The Hall–Kier alpha value is -2.98. The van der Waals surface area contributed by atoms with Crippen LogP contribution < -0.4 is 21.3 Å². The molecule has 10 heteroatoms. The topological polar surface area (TPSA) is 157 Å².